The van der Waals surface area contributed by atoms with Gasteiger partial charge in [-0.3, -0.25) is 4.79 Å². The van der Waals surface area contributed by atoms with Crippen LogP contribution in [0.1, 0.15) is 59.7 Å². The molecule has 3 aromatic rings. The van der Waals surface area contributed by atoms with Gasteiger partial charge in [0.25, 0.3) is 5.91 Å². The Morgan fingerprint density at radius 1 is 1.00 bits per heavy atom. The normalized spacial score (nSPS) is 13.7. The number of carbonyl (C=O) groups is 3. The van der Waals surface area contributed by atoms with Crippen LogP contribution in [0.3, 0.4) is 0 Å². The molecule has 0 aromatic heterocycles. The maximum Gasteiger partial charge on any atom is 0.416 e. The molecule has 0 radical (unpaired) electrons. The van der Waals surface area contributed by atoms with Crippen molar-refractivity contribution in [1.82, 2.24) is 5.43 Å². The van der Waals surface area contributed by atoms with E-state index in [2.05, 4.69) is 22.8 Å². The number of rotatable bonds is 12. The van der Waals surface area contributed by atoms with Crippen LogP contribution in [-0.4, -0.2) is 41.0 Å². The number of aryl methyl sites for hydroxylation is 1. The molecule has 8 nitrogen and oxygen atoms in total. The minimum absolute atomic E-state index is 0.0478. The average molecular weight is 613 g/mol. The Labute approximate surface area is 251 Å². The number of hydrogen-bond donors (Lipinski definition) is 3. The van der Waals surface area contributed by atoms with E-state index in [9.17, 15) is 27.6 Å². The third kappa shape index (κ3) is 8.38. The SMILES string of the molecule is CCCCCN1C(=O)/C(=N/NC(=O)Nc2cccc(C(F)(F)F)c2)c2cc(SCCCc3ccc(C(=O)O)cc3)ccc21. The van der Waals surface area contributed by atoms with Gasteiger partial charge in [-0.2, -0.15) is 18.3 Å². The van der Waals surface area contributed by atoms with Crippen molar-refractivity contribution in [3.8, 4) is 0 Å². The molecular formula is C31H31F3N4O4S. The van der Waals surface area contributed by atoms with Crippen LogP contribution in [-0.2, 0) is 17.4 Å². The number of hydrogen-bond acceptors (Lipinski definition) is 5. The standard InChI is InChI=1S/C31H31F3N4O4S/c1-2-3-4-16-38-26-15-14-24(43-17-6-7-20-10-12-21(13-11-20)29(40)41)19-25(26)27(28(38)39)36-37-30(42)35-23-9-5-8-22(18-23)31(32,33)34/h5,8-15,18-19H,2-4,6-7,16-17H2,1H3,(H,40,41)(H2,35,37,42)/b36-27+. The van der Waals surface area contributed by atoms with Gasteiger partial charge in [0.1, 0.15) is 0 Å². The zero-order chi connectivity index (χ0) is 31.0. The Morgan fingerprint density at radius 2 is 1.77 bits per heavy atom. The van der Waals surface area contributed by atoms with E-state index in [1.54, 1.807) is 40.9 Å². The second kappa shape index (κ2) is 14.2. The number of amides is 3. The van der Waals surface area contributed by atoms with E-state index >= 15 is 0 Å². The molecule has 1 aliphatic heterocycles. The monoisotopic (exact) mass is 612 g/mol. The summed E-state index contributed by atoms with van der Waals surface area (Å²) in [4.78, 5) is 39.4. The number of fused-ring (bicyclic) bond motifs is 1. The second-order valence-corrected chi connectivity index (χ2v) is 11.1. The molecular weight excluding hydrogens is 581 g/mol. The Hall–Kier alpha value is -4.32. The number of thioether (sulfide) groups is 1. The fourth-order valence-electron chi connectivity index (χ4n) is 4.55. The number of anilines is 2. The highest BCUT2D eigenvalue weighted by atomic mass is 32.2. The van der Waals surface area contributed by atoms with Crippen LogP contribution in [0.4, 0.5) is 29.3 Å². The van der Waals surface area contributed by atoms with Crippen LogP contribution in [0, 0.1) is 0 Å². The van der Waals surface area contributed by atoms with Gasteiger partial charge in [0.2, 0.25) is 0 Å². The van der Waals surface area contributed by atoms with E-state index in [0.717, 1.165) is 60.4 Å². The second-order valence-electron chi connectivity index (χ2n) is 9.90. The average Bonchev–Trinajstić information content (AvgIpc) is 3.23. The number of alkyl halides is 3. The van der Waals surface area contributed by atoms with Crippen LogP contribution in [0.5, 0.6) is 0 Å². The molecule has 226 valence electrons. The molecule has 0 fully saturated rings. The molecule has 43 heavy (non-hydrogen) atoms. The molecule has 0 saturated carbocycles. The van der Waals surface area contributed by atoms with Gasteiger partial charge in [0, 0.05) is 22.7 Å². The van der Waals surface area contributed by atoms with Gasteiger partial charge in [-0.1, -0.05) is 38.0 Å². The molecule has 3 amide bonds. The molecule has 0 spiro atoms. The lowest BCUT2D eigenvalue weighted by molar-refractivity contribution is -0.137. The molecule has 4 rings (SSSR count). The van der Waals surface area contributed by atoms with Crippen LogP contribution < -0.4 is 15.6 Å². The van der Waals surface area contributed by atoms with Crippen LogP contribution in [0.15, 0.2) is 76.7 Å². The summed E-state index contributed by atoms with van der Waals surface area (Å²) in [7, 11) is 0. The third-order valence-electron chi connectivity index (χ3n) is 6.74. The van der Waals surface area contributed by atoms with Crippen molar-refractivity contribution in [1.29, 1.82) is 0 Å². The predicted octanol–water partition coefficient (Wildman–Crippen LogP) is 7.19. The van der Waals surface area contributed by atoms with Crippen molar-refractivity contribution in [3.63, 3.8) is 0 Å². The first-order valence-corrected chi connectivity index (χ1v) is 14.8. The van der Waals surface area contributed by atoms with Crippen molar-refractivity contribution in [2.24, 2.45) is 5.10 Å². The van der Waals surface area contributed by atoms with Crippen molar-refractivity contribution < 1.29 is 32.7 Å². The summed E-state index contributed by atoms with van der Waals surface area (Å²) < 4.78 is 39.1. The summed E-state index contributed by atoms with van der Waals surface area (Å²) in [5, 5.41) is 15.4. The Kier molecular flexibility index (Phi) is 10.5. The molecule has 12 heteroatoms. The van der Waals surface area contributed by atoms with Gasteiger partial charge in [-0.15, -0.1) is 11.8 Å². The van der Waals surface area contributed by atoms with Gasteiger partial charge in [0.15, 0.2) is 5.71 Å². The molecule has 0 saturated heterocycles. The Balaban J connectivity index is 1.44. The minimum atomic E-state index is -4.56. The first kappa shape index (κ1) is 31.6. The first-order valence-electron chi connectivity index (χ1n) is 13.8. The predicted molar refractivity (Wildman–Crippen MR) is 161 cm³/mol. The maximum atomic E-state index is 13.3. The number of aromatic carboxylic acids is 1. The van der Waals surface area contributed by atoms with Crippen LogP contribution in [0.2, 0.25) is 0 Å². The van der Waals surface area contributed by atoms with E-state index < -0.39 is 23.7 Å². The number of nitrogens with one attached hydrogen (secondary N) is 2. The van der Waals surface area contributed by atoms with Gasteiger partial charge in [-0.05, 0) is 79.1 Å². The summed E-state index contributed by atoms with van der Waals surface area (Å²) in [6.45, 7) is 2.55. The Bertz CT molecular complexity index is 1510. The zero-order valence-electron chi connectivity index (χ0n) is 23.4. The van der Waals surface area contributed by atoms with Gasteiger partial charge in [-0.25, -0.2) is 15.0 Å². The van der Waals surface area contributed by atoms with Gasteiger partial charge >= 0.3 is 18.2 Å². The fraction of sp³-hybridized carbons (Fsp3) is 0.290. The number of unbranched alkanes of at least 4 members (excludes halogenated alkanes) is 2. The van der Waals surface area contributed by atoms with Crippen molar-refractivity contribution >= 4 is 46.8 Å². The fourth-order valence-corrected chi connectivity index (χ4v) is 5.44. The third-order valence-corrected chi connectivity index (χ3v) is 7.82. The van der Waals surface area contributed by atoms with Crippen molar-refractivity contribution in [2.45, 2.75) is 50.1 Å². The van der Waals surface area contributed by atoms with Crippen molar-refractivity contribution in [2.75, 3.05) is 22.5 Å². The molecule has 1 aliphatic rings. The minimum Gasteiger partial charge on any atom is -0.478 e. The molecule has 0 aliphatic carbocycles. The highest BCUT2D eigenvalue weighted by molar-refractivity contribution is 7.99. The largest absolute Gasteiger partial charge is 0.478 e. The summed E-state index contributed by atoms with van der Waals surface area (Å²) in [6.07, 6.45) is -0.225. The number of halogens is 3. The number of nitrogens with zero attached hydrogens (tertiary/aromatic N) is 2. The first-order chi connectivity index (χ1) is 20.6. The summed E-state index contributed by atoms with van der Waals surface area (Å²) >= 11 is 1.60. The summed E-state index contributed by atoms with van der Waals surface area (Å²) in [5.74, 6) is -0.550. The number of carboxylic acids is 1. The quantitative estimate of drug-likeness (QED) is 0.114. The van der Waals surface area contributed by atoms with Crippen LogP contribution in [0.25, 0.3) is 0 Å². The topological polar surface area (TPSA) is 111 Å². The summed E-state index contributed by atoms with van der Waals surface area (Å²) in [6, 6.07) is 15.8. The molecule has 0 atom stereocenters. The number of urea groups is 1. The van der Waals surface area contributed by atoms with Crippen LogP contribution >= 0.6 is 11.8 Å². The molecule has 3 N–H and O–H groups in total. The lowest BCUT2D eigenvalue weighted by Gasteiger charge is -2.16. The molecule has 1 heterocycles. The lowest BCUT2D eigenvalue weighted by Crippen LogP contribution is -2.33. The Morgan fingerprint density at radius 3 is 2.47 bits per heavy atom. The zero-order valence-corrected chi connectivity index (χ0v) is 24.2. The van der Waals surface area contributed by atoms with E-state index in [1.807, 2.05) is 18.2 Å². The van der Waals surface area contributed by atoms with E-state index in [0.29, 0.717) is 17.8 Å². The van der Waals surface area contributed by atoms with Gasteiger partial charge < -0.3 is 15.3 Å². The lowest BCUT2D eigenvalue weighted by atomic mass is 10.1. The highest BCUT2D eigenvalue weighted by Crippen LogP contribution is 2.34. The van der Waals surface area contributed by atoms with E-state index in [1.165, 1.54) is 12.1 Å². The number of carbonyl (C=O) groups excluding carboxylic acids is 2. The van der Waals surface area contributed by atoms with Gasteiger partial charge in [0.05, 0.1) is 16.8 Å². The highest BCUT2D eigenvalue weighted by Gasteiger charge is 2.34. The number of benzene rings is 3. The van der Waals surface area contributed by atoms with E-state index in [4.69, 9.17) is 5.11 Å². The summed E-state index contributed by atoms with van der Waals surface area (Å²) in [5.41, 5.74) is 3.87. The number of hydrazone groups is 1. The number of carboxylic acid groups (broad SMARTS) is 1. The molecule has 0 unspecified atom stereocenters. The maximum absolute atomic E-state index is 13.3. The smallest absolute Gasteiger partial charge is 0.416 e. The molecule has 0 bridgehead atoms. The van der Waals surface area contributed by atoms with E-state index in [-0.39, 0.29) is 22.9 Å². The van der Waals surface area contributed by atoms with Crippen molar-refractivity contribution in [3.05, 3.63) is 89.0 Å². The molecule has 3 aromatic carbocycles.